The van der Waals surface area contributed by atoms with Gasteiger partial charge in [0.05, 0.1) is 18.8 Å². The summed E-state index contributed by atoms with van der Waals surface area (Å²) in [6.45, 7) is 0.843. The number of aromatic nitrogens is 1. The number of pyridine rings is 1. The van der Waals surface area contributed by atoms with Crippen LogP contribution in [-0.4, -0.2) is 55.8 Å². The molecule has 8 heteroatoms. The zero-order chi connectivity index (χ0) is 15.1. The summed E-state index contributed by atoms with van der Waals surface area (Å²) in [4.78, 5) is 27.9. The fraction of sp³-hybridized carbons (Fsp3) is 0.417. The van der Waals surface area contributed by atoms with Crippen molar-refractivity contribution >= 4 is 23.4 Å². The average Bonchev–Trinajstić information content (AvgIpc) is 2.39. The fourth-order valence-corrected chi connectivity index (χ4v) is 1.52. The molecule has 0 saturated carbocycles. The van der Waals surface area contributed by atoms with Crippen LogP contribution in [0, 0.1) is 0 Å². The minimum atomic E-state index is -1.15. The first-order valence-corrected chi connectivity index (χ1v) is 5.92. The third-order valence-corrected chi connectivity index (χ3v) is 2.50. The van der Waals surface area contributed by atoms with Gasteiger partial charge >= 0.3 is 5.97 Å². The number of methoxy groups -OCH3 is 1. The van der Waals surface area contributed by atoms with Crippen LogP contribution in [0.5, 0.6) is 0 Å². The van der Waals surface area contributed by atoms with Gasteiger partial charge in [-0.1, -0.05) is 0 Å². The van der Waals surface area contributed by atoms with Gasteiger partial charge in [0.25, 0.3) is 0 Å². The van der Waals surface area contributed by atoms with Gasteiger partial charge in [0.1, 0.15) is 0 Å². The van der Waals surface area contributed by atoms with E-state index in [-0.39, 0.29) is 24.0 Å². The average molecular weight is 282 g/mol. The van der Waals surface area contributed by atoms with E-state index in [1.165, 1.54) is 17.0 Å². The molecule has 1 amide bonds. The van der Waals surface area contributed by atoms with E-state index in [4.69, 9.17) is 15.6 Å². The van der Waals surface area contributed by atoms with Crippen LogP contribution in [0.3, 0.4) is 0 Å². The molecule has 0 aliphatic rings. The van der Waals surface area contributed by atoms with E-state index >= 15 is 0 Å². The number of hydrogen-bond acceptors (Lipinski definition) is 6. The van der Waals surface area contributed by atoms with Gasteiger partial charge < -0.3 is 25.8 Å². The van der Waals surface area contributed by atoms with Gasteiger partial charge in [-0.3, -0.25) is 4.79 Å². The number of nitrogens with one attached hydrogen (secondary N) is 1. The van der Waals surface area contributed by atoms with Crippen LogP contribution in [0.1, 0.15) is 10.5 Å². The number of likely N-dealkylation sites (N-methyl/N-ethyl adjacent to an activating group) is 1. The van der Waals surface area contributed by atoms with Crippen molar-refractivity contribution < 1.29 is 19.4 Å². The molecule has 0 bridgehead atoms. The molecule has 1 heterocycles. The number of hydrogen-bond donors (Lipinski definition) is 3. The number of amides is 1. The number of aromatic carboxylic acids is 1. The van der Waals surface area contributed by atoms with Crippen molar-refractivity contribution in [2.24, 2.45) is 0 Å². The lowest BCUT2D eigenvalue weighted by Gasteiger charge is -2.19. The summed E-state index contributed by atoms with van der Waals surface area (Å²) in [5.74, 6) is -1.12. The number of carbonyl (C=O) groups is 2. The molecule has 1 aromatic heterocycles. The first-order valence-electron chi connectivity index (χ1n) is 5.92. The first-order chi connectivity index (χ1) is 9.45. The summed E-state index contributed by atoms with van der Waals surface area (Å²) in [6, 6.07) is 2.76. The van der Waals surface area contributed by atoms with Crippen LogP contribution >= 0.6 is 0 Å². The number of carboxylic acids is 1. The lowest BCUT2D eigenvalue weighted by Crippen LogP contribution is -2.37. The zero-order valence-corrected chi connectivity index (χ0v) is 11.4. The molecule has 0 aromatic carbocycles. The van der Waals surface area contributed by atoms with Gasteiger partial charge in [-0.15, -0.1) is 0 Å². The SMILES string of the molecule is COCCNC(=O)CN(C)c1nc(C(=O)O)ccc1N. The molecule has 0 aliphatic carbocycles. The van der Waals surface area contributed by atoms with Crippen molar-refractivity contribution in [2.45, 2.75) is 0 Å². The van der Waals surface area contributed by atoms with Crippen LogP contribution < -0.4 is 16.0 Å². The van der Waals surface area contributed by atoms with Crippen molar-refractivity contribution in [3.05, 3.63) is 17.8 Å². The number of rotatable bonds is 7. The molecule has 4 N–H and O–H groups in total. The van der Waals surface area contributed by atoms with E-state index < -0.39 is 5.97 Å². The molecule has 0 saturated heterocycles. The predicted octanol–water partition coefficient (Wildman–Crippen LogP) is -0.439. The third kappa shape index (κ3) is 4.39. The Bertz CT molecular complexity index is 492. The van der Waals surface area contributed by atoms with Gasteiger partial charge in [0.15, 0.2) is 11.5 Å². The van der Waals surface area contributed by atoms with Crippen LogP contribution in [0.2, 0.25) is 0 Å². The molecule has 0 atom stereocenters. The maximum atomic E-state index is 11.6. The largest absolute Gasteiger partial charge is 0.477 e. The molecule has 20 heavy (non-hydrogen) atoms. The minimum absolute atomic E-state index is 0.0178. The summed E-state index contributed by atoms with van der Waals surface area (Å²) in [5.41, 5.74) is 5.92. The number of carbonyl (C=O) groups excluding carboxylic acids is 1. The Kier molecular flexibility index (Phi) is 5.73. The maximum Gasteiger partial charge on any atom is 0.354 e. The van der Waals surface area contributed by atoms with Crippen LogP contribution in [0.25, 0.3) is 0 Å². The fourth-order valence-electron chi connectivity index (χ4n) is 1.52. The Hall–Kier alpha value is -2.35. The Balaban J connectivity index is 2.71. The number of ether oxygens (including phenoxy) is 1. The normalized spacial score (nSPS) is 10.1. The third-order valence-electron chi connectivity index (χ3n) is 2.50. The second kappa shape index (κ2) is 7.29. The second-order valence-corrected chi connectivity index (χ2v) is 4.11. The van der Waals surface area contributed by atoms with Crippen molar-refractivity contribution in [3.8, 4) is 0 Å². The molecule has 1 rings (SSSR count). The maximum absolute atomic E-state index is 11.6. The van der Waals surface area contributed by atoms with E-state index in [1.807, 2.05) is 0 Å². The highest BCUT2D eigenvalue weighted by Crippen LogP contribution is 2.19. The summed E-state index contributed by atoms with van der Waals surface area (Å²) < 4.78 is 4.82. The minimum Gasteiger partial charge on any atom is -0.477 e. The number of nitrogens with zero attached hydrogens (tertiary/aromatic N) is 2. The number of nitrogens with two attached hydrogens (primary N) is 1. The molecule has 0 fully saturated rings. The molecule has 1 aromatic rings. The van der Waals surface area contributed by atoms with E-state index in [0.717, 1.165) is 0 Å². The van der Waals surface area contributed by atoms with Crippen LogP contribution in [-0.2, 0) is 9.53 Å². The van der Waals surface area contributed by atoms with Gasteiger partial charge in [-0.2, -0.15) is 0 Å². The van der Waals surface area contributed by atoms with Gasteiger partial charge in [-0.05, 0) is 12.1 Å². The molecule has 0 radical (unpaired) electrons. The van der Waals surface area contributed by atoms with Crippen molar-refractivity contribution in [1.82, 2.24) is 10.3 Å². The zero-order valence-electron chi connectivity index (χ0n) is 11.4. The summed E-state index contributed by atoms with van der Waals surface area (Å²) in [5, 5.41) is 11.5. The van der Waals surface area contributed by atoms with Gasteiger partial charge in [-0.25, -0.2) is 9.78 Å². The Morgan fingerprint density at radius 2 is 2.20 bits per heavy atom. The number of nitrogen functional groups attached to an aromatic ring is 1. The van der Waals surface area contributed by atoms with E-state index in [0.29, 0.717) is 18.8 Å². The molecule has 0 unspecified atom stereocenters. The molecular weight excluding hydrogens is 264 g/mol. The highest BCUT2D eigenvalue weighted by Gasteiger charge is 2.14. The smallest absolute Gasteiger partial charge is 0.354 e. The number of carboxylic acid groups (broad SMARTS) is 1. The molecule has 8 nitrogen and oxygen atoms in total. The topological polar surface area (TPSA) is 118 Å². The summed E-state index contributed by atoms with van der Waals surface area (Å²) in [6.07, 6.45) is 0. The summed E-state index contributed by atoms with van der Waals surface area (Å²) in [7, 11) is 3.15. The second-order valence-electron chi connectivity index (χ2n) is 4.11. The lowest BCUT2D eigenvalue weighted by molar-refractivity contribution is -0.119. The Labute approximate surface area is 116 Å². The highest BCUT2D eigenvalue weighted by atomic mass is 16.5. The monoisotopic (exact) mass is 282 g/mol. The van der Waals surface area contributed by atoms with E-state index in [2.05, 4.69) is 10.3 Å². The number of anilines is 2. The lowest BCUT2D eigenvalue weighted by atomic mass is 10.3. The van der Waals surface area contributed by atoms with E-state index in [1.54, 1.807) is 14.2 Å². The van der Waals surface area contributed by atoms with E-state index in [9.17, 15) is 9.59 Å². The predicted molar refractivity (Wildman–Crippen MR) is 73.8 cm³/mol. The molecule has 110 valence electrons. The van der Waals surface area contributed by atoms with Crippen molar-refractivity contribution in [2.75, 3.05) is 44.5 Å². The highest BCUT2D eigenvalue weighted by molar-refractivity contribution is 5.87. The van der Waals surface area contributed by atoms with Crippen LogP contribution in [0.15, 0.2) is 12.1 Å². The van der Waals surface area contributed by atoms with Crippen LogP contribution in [0.4, 0.5) is 11.5 Å². The van der Waals surface area contributed by atoms with Gasteiger partial charge in [0.2, 0.25) is 5.91 Å². The Morgan fingerprint density at radius 3 is 2.80 bits per heavy atom. The first kappa shape index (κ1) is 15.7. The van der Waals surface area contributed by atoms with Crippen molar-refractivity contribution in [3.63, 3.8) is 0 Å². The Morgan fingerprint density at radius 1 is 1.50 bits per heavy atom. The van der Waals surface area contributed by atoms with Crippen molar-refractivity contribution in [1.29, 1.82) is 0 Å². The standard InChI is InChI=1S/C12H18N4O4/c1-16(7-10(17)14-5-6-20-2)11-8(13)3-4-9(15-11)12(18)19/h3-4H,5-7,13H2,1-2H3,(H,14,17)(H,18,19). The van der Waals surface area contributed by atoms with Gasteiger partial charge in [0, 0.05) is 20.7 Å². The summed E-state index contributed by atoms with van der Waals surface area (Å²) >= 11 is 0. The molecular formula is C12H18N4O4. The quantitative estimate of drug-likeness (QED) is 0.580. The molecule has 0 aliphatic heterocycles. The molecule has 0 spiro atoms.